The summed E-state index contributed by atoms with van der Waals surface area (Å²) in [7, 11) is 0. The normalized spacial score (nSPS) is 11.1. The van der Waals surface area contributed by atoms with E-state index in [9.17, 15) is 9.90 Å². The molecule has 2 aromatic rings. The van der Waals surface area contributed by atoms with Crippen molar-refractivity contribution in [2.75, 3.05) is 0 Å². The summed E-state index contributed by atoms with van der Waals surface area (Å²) in [6.45, 7) is 10.1. The van der Waals surface area contributed by atoms with Gasteiger partial charge in [-0.05, 0) is 57.4 Å². The molecule has 1 aromatic heterocycles. The molecule has 24 heavy (non-hydrogen) atoms. The third-order valence-electron chi connectivity index (χ3n) is 3.58. The van der Waals surface area contributed by atoms with Crippen molar-refractivity contribution in [1.29, 1.82) is 0 Å². The van der Waals surface area contributed by atoms with Crippen LogP contribution in [0.1, 0.15) is 49.3 Å². The molecule has 4 heteroatoms. The Labute approximate surface area is 143 Å². The maximum absolute atomic E-state index is 11.5. The molecule has 2 rings (SSSR count). The van der Waals surface area contributed by atoms with Gasteiger partial charge >= 0.3 is 5.97 Å². The number of hydrogen-bond donors (Lipinski definition) is 1. The van der Waals surface area contributed by atoms with Gasteiger partial charge in [-0.3, -0.25) is 4.98 Å². The lowest BCUT2D eigenvalue weighted by molar-refractivity contribution is 0.0695. The predicted molar refractivity (Wildman–Crippen MR) is 95.7 cm³/mol. The monoisotopic (exact) mass is 327 g/mol. The van der Waals surface area contributed by atoms with Crippen LogP contribution in [0.4, 0.5) is 0 Å². The van der Waals surface area contributed by atoms with E-state index in [1.807, 2.05) is 39.0 Å². The molecule has 0 saturated heterocycles. The molecular weight excluding hydrogens is 302 g/mol. The summed E-state index contributed by atoms with van der Waals surface area (Å²) >= 11 is 0. The Kier molecular flexibility index (Phi) is 5.60. The van der Waals surface area contributed by atoms with Gasteiger partial charge in [0.25, 0.3) is 0 Å². The number of carboxylic acid groups (broad SMARTS) is 1. The third kappa shape index (κ3) is 4.34. The predicted octanol–water partition coefficient (Wildman–Crippen LogP) is 4.74. The number of aromatic nitrogens is 1. The summed E-state index contributed by atoms with van der Waals surface area (Å²) in [4.78, 5) is 16.1. The lowest BCUT2D eigenvalue weighted by Crippen LogP contribution is -2.10. The highest BCUT2D eigenvalue weighted by Gasteiger charge is 2.16. The van der Waals surface area contributed by atoms with Crippen LogP contribution < -0.4 is 4.74 Å². The molecule has 0 bridgehead atoms. The van der Waals surface area contributed by atoms with Crippen LogP contribution in [-0.4, -0.2) is 22.2 Å². The molecule has 0 fully saturated rings. The number of aryl methyl sites for hydroxylation is 1. The molecule has 1 N–H and O–H groups in total. The Morgan fingerprint density at radius 1 is 1.17 bits per heavy atom. The number of ether oxygens (including phenoxy) is 1. The van der Waals surface area contributed by atoms with Gasteiger partial charge in [0, 0.05) is 5.56 Å². The van der Waals surface area contributed by atoms with Crippen LogP contribution >= 0.6 is 0 Å². The van der Waals surface area contributed by atoms with Gasteiger partial charge in [0.2, 0.25) is 0 Å². The maximum atomic E-state index is 11.5. The van der Waals surface area contributed by atoms with Crippen molar-refractivity contribution in [2.24, 2.45) is 5.92 Å². The maximum Gasteiger partial charge on any atom is 0.337 e. The first-order valence-corrected chi connectivity index (χ1v) is 8.28. The number of hydrogen-bond acceptors (Lipinski definition) is 3. The quantitative estimate of drug-likeness (QED) is 0.832. The minimum Gasteiger partial charge on any atom is -0.490 e. The molecule has 1 aromatic carbocycles. The molecule has 4 nitrogen and oxygen atoms in total. The van der Waals surface area contributed by atoms with Crippen LogP contribution in [0.3, 0.4) is 0 Å². The second kappa shape index (κ2) is 7.47. The Hall–Kier alpha value is -2.36. The third-order valence-corrected chi connectivity index (χ3v) is 3.58. The Bertz CT molecular complexity index is 736. The summed E-state index contributed by atoms with van der Waals surface area (Å²) in [5, 5.41) is 9.39. The van der Waals surface area contributed by atoms with Gasteiger partial charge in [-0.1, -0.05) is 25.5 Å². The van der Waals surface area contributed by atoms with Crippen LogP contribution in [0.15, 0.2) is 30.3 Å². The molecule has 0 amide bonds. The van der Waals surface area contributed by atoms with Gasteiger partial charge in [0.1, 0.15) is 5.75 Å². The molecular formula is C20H25NO3. The molecule has 0 aliphatic rings. The summed E-state index contributed by atoms with van der Waals surface area (Å²) in [5.74, 6) is 0.156. The average molecular weight is 327 g/mol. The minimum atomic E-state index is -0.937. The van der Waals surface area contributed by atoms with Crippen molar-refractivity contribution < 1.29 is 14.6 Å². The van der Waals surface area contributed by atoms with Crippen LogP contribution in [-0.2, 0) is 6.42 Å². The van der Waals surface area contributed by atoms with Crippen molar-refractivity contribution in [3.63, 3.8) is 0 Å². The van der Waals surface area contributed by atoms with E-state index in [2.05, 4.69) is 18.8 Å². The fourth-order valence-electron chi connectivity index (χ4n) is 2.59. The van der Waals surface area contributed by atoms with Crippen molar-refractivity contribution in [2.45, 2.75) is 47.1 Å². The van der Waals surface area contributed by atoms with Crippen LogP contribution in [0, 0.1) is 12.8 Å². The zero-order chi connectivity index (χ0) is 17.9. The van der Waals surface area contributed by atoms with Crippen molar-refractivity contribution in [1.82, 2.24) is 4.98 Å². The van der Waals surface area contributed by atoms with Gasteiger partial charge in [0.15, 0.2) is 0 Å². The van der Waals surface area contributed by atoms with E-state index in [0.29, 0.717) is 18.0 Å². The van der Waals surface area contributed by atoms with Crippen molar-refractivity contribution in [3.8, 4) is 17.0 Å². The van der Waals surface area contributed by atoms with Gasteiger partial charge < -0.3 is 9.84 Å². The SMILES string of the molecule is Cc1ccc(OC(C)C)c(-c2ccc(C(=O)O)c(CC(C)C)n2)c1. The molecule has 0 saturated carbocycles. The van der Waals surface area contributed by atoms with E-state index in [0.717, 1.165) is 22.6 Å². The van der Waals surface area contributed by atoms with E-state index < -0.39 is 5.97 Å². The van der Waals surface area contributed by atoms with Gasteiger partial charge in [-0.2, -0.15) is 0 Å². The van der Waals surface area contributed by atoms with Gasteiger partial charge in [-0.15, -0.1) is 0 Å². The summed E-state index contributed by atoms with van der Waals surface area (Å²) in [5.41, 5.74) is 3.63. The number of rotatable bonds is 6. The first-order valence-electron chi connectivity index (χ1n) is 8.28. The summed E-state index contributed by atoms with van der Waals surface area (Å²) in [6.07, 6.45) is 0.682. The molecule has 0 unspecified atom stereocenters. The summed E-state index contributed by atoms with van der Waals surface area (Å²) in [6, 6.07) is 9.38. The van der Waals surface area contributed by atoms with Gasteiger partial charge in [-0.25, -0.2) is 4.79 Å². The lowest BCUT2D eigenvalue weighted by atomic mass is 10.0. The average Bonchev–Trinajstić information content (AvgIpc) is 2.47. The molecule has 0 atom stereocenters. The van der Waals surface area contributed by atoms with E-state index in [4.69, 9.17) is 4.74 Å². The highest BCUT2D eigenvalue weighted by Crippen LogP contribution is 2.31. The number of carboxylic acids is 1. The van der Waals surface area contributed by atoms with Crippen molar-refractivity contribution >= 4 is 5.97 Å². The fraction of sp³-hybridized carbons (Fsp3) is 0.400. The lowest BCUT2D eigenvalue weighted by Gasteiger charge is -2.16. The zero-order valence-corrected chi connectivity index (χ0v) is 15.0. The molecule has 128 valence electrons. The fourth-order valence-corrected chi connectivity index (χ4v) is 2.59. The zero-order valence-electron chi connectivity index (χ0n) is 15.0. The number of aromatic carboxylic acids is 1. The van der Waals surface area contributed by atoms with E-state index >= 15 is 0 Å². The topological polar surface area (TPSA) is 59.4 Å². The number of nitrogens with zero attached hydrogens (tertiary/aromatic N) is 1. The van der Waals surface area contributed by atoms with Crippen LogP contribution in [0.5, 0.6) is 5.75 Å². The molecule has 1 heterocycles. The molecule has 0 radical (unpaired) electrons. The van der Waals surface area contributed by atoms with Crippen LogP contribution in [0.25, 0.3) is 11.3 Å². The standard InChI is InChI=1S/C20H25NO3/c1-12(2)10-18-15(20(22)23)7-8-17(21-18)16-11-14(5)6-9-19(16)24-13(3)4/h6-9,11-13H,10H2,1-5H3,(H,22,23). The first kappa shape index (κ1) is 18.0. The Balaban J connectivity index is 2.56. The highest BCUT2D eigenvalue weighted by molar-refractivity contribution is 5.89. The van der Waals surface area contributed by atoms with Crippen LogP contribution in [0.2, 0.25) is 0 Å². The van der Waals surface area contributed by atoms with Crippen molar-refractivity contribution in [3.05, 3.63) is 47.2 Å². The highest BCUT2D eigenvalue weighted by atomic mass is 16.5. The number of carbonyl (C=O) groups is 1. The number of benzene rings is 1. The second-order valence-corrected chi connectivity index (χ2v) is 6.76. The van der Waals surface area contributed by atoms with E-state index in [1.54, 1.807) is 12.1 Å². The van der Waals surface area contributed by atoms with Gasteiger partial charge in [0.05, 0.1) is 23.1 Å². The first-order chi connectivity index (χ1) is 11.3. The minimum absolute atomic E-state index is 0.0554. The molecule has 0 spiro atoms. The van der Waals surface area contributed by atoms with E-state index in [1.165, 1.54) is 0 Å². The molecule has 0 aliphatic carbocycles. The largest absolute Gasteiger partial charge is 0.490 e. The molecule has 0 aliphatic heterocycles. The Morgan fingerprint density at radius 3 is 2.46 bits per heavy atom. The second-order valence-electron chi connectivity index (χ2n) is 6.76. The number of pyridine rings is 1. The smallest absolute Gasteiger partial charge is 0.337 e. The van der Waals surface area contributed by atoms with E-state index in [-0.39, 0.29) is 11.7 Å². The Morgan fingerprint density at radius 2 is 1.88 bits per heavy atom. The summed E-state index contributed by atoms with van der Waals surface area (Å²) < 4.78 is 5.90.